The van der Waals surface area contributed by atoms with Crippen molar-refractivity contribution in [3.63, 3.8) is 0 Å². The highest BCUT2D eigenvalue weighted by atomic mass is 19.3. The zero-order valence-electron chi connectivity index (χ0n) is 15.1. The molecule has 0 radical (unpaired) electrons. The number of fused-ring (bicyclic) bond motifs is 2. The van der Waals surface area contributed by atoms with E-state index in [2.05, 4.69) is 4.98 Å². The second kappa shape index (κ2) is 7.42. The molecule has 0 spiro atoms. The van der Waals surface area contributed by atoms with Crippen LogP contribution in [-0.2, 0) is 16.0 Å². The van der Waals surface area contributed by atoms with Gasteiger partial charge >= 0.3 is 12.5 Å². The molecule has 4 rings (SSSR count). The molecule has 1 atom stereocenters. The molecule has 28 heavy (non-hydrogen) atoms. The van der Waals surface area contributed by atoms with E-state index in [1.54, 1.807) is 30.3 Å². The SMILES string of the molecule is CC(OC(=O)/C=C/c1ccc2c(c1)CCO2)c1nc2ccccc2n1C(F)F. The number of hydrogen-bond acceptors (Lipinski definition) is 4. The number of carbonyl (C=O) groups is 1. The maximum absolute atomic E-state index is 13.5. The van der Waals surface area contributed by atoms with E-state index >= 15 is 0 Å². The lowest BCUT2D eigenvalue weighted by molar-refractivity contribution is -0.143. The van der Waals surface area contributed by atoms with Crippen molar-refractivity contribution in [2.75, 3.05) is 6.61 Å². The third-order valence-electron chi connectivity index (χ3n) is 4.60. The summed E-state index contributed by atoms with van der Waals surface area (Å²) in [7, 11) is 0. The first-order valence-corrected chi connectivity index (χ1v) is 8.92. The Bertz CT molecular complexity index is 1060. The average Bonchev–Trinajstić information content (AvgIpc) is 3.30. The minimum Gasteiger partial charge on any atom is -0.493 e. The first kappa shape index (κ1) is 18.2. The molecule has 3 aromatic rings. The van der Waals surface area contributed by atoms with E-state index in [0.717, 1.165) is 27.9 Å². The molecule has 0 fully saturated rings. The van der Waals surface area contributed by atoms with E-state index < -0.39 is 18.6 Å². The predicted octanol–water partition coefficient (Wildman–Crippen LogP) is 4.68. The lowest BCUT2D eigenvalue weighted by Gasteiger charge is -2.14. The molecular weight excluding hydrogens is 366 g/mol. The molecule has 0 aliphatic carbocycles. The first-order chi connectivity index (χ1) is 13.5. The maximum Gasteiger partial charge on any atom is 0.331 e. The Labute approximate surface area is 160 Å². The number of imidazole rings is 1. The van der Waals surface area contributed by atoms with E-state index in [0.29, 0.717) is 17.6 Å². The van der Waals surface area contributed by atoms with Gasteiger partial charge in [-0.05, 0) is 48.4 Å². The number of halogens is 2. The molecule has 2 heterocycles. The molecule has 0 saturated heterocycles. The number of ether oxygens (including phenoxy) is 2. The van der Waals surface area contributed by atoms with Gasteiger partial charge in [0.05, 0.1) is 17.6 Å². The molecular formula is C21H18F2N2O3. The average molecular weight is 384 g/mol. The smallest absolute Gasteiger partial charge is 0.331 e. The van der Waals surface area contributed by atoms with E-state index in [9.17, 15) is 13.6 Å². The van der Waals surface area contributed by atoms with Crippen LogP contribution < -0.4 is 4.74 Å². The predicted molar refractivity (Wildman–Crippen MR) is 100 cm³/mol. The molecule has 0 N–H and O–H groups in total. The third kappa shape index (κ3) is 3.47. The Kier molecular flexibility index (Phi) is 4.81. The van der Waals surface area contributed by atoms with Gasteiger partial charge in [-0.15, -0.1) is 0 Å². The van der Waals surface area contributed by atoms with Crippen LogP contribution in [-0.4, -0.2) is 22.1 Å². The van der Waals surface area contributed by atoms with Crippen LogP contribution in [0.15, 0.2) is 48.5 Å². The molecule has 5 nitrogen and oxygen atoms in total. The summed E-state index contributed by atoms with van der Waals surface area (Å²) in [5, 5.41) is 0. The zero-order chi connectivity index (χ0) is 19.7. The van der Waals surface area contributed by atoms with Crippen LogP contribution in [0.2, 0.25) is 0 Å². The van der Waals surface area contributed by atoms with E-state index in [1.807, 2.05) is 18.2 Å². The molecule has 7 heteroatoms. The third-order valence-corrected chi connectivity index (χ3v) is 4.60. The number of esters is 1. The van der Waals surface area contributed by atoms with Gasteiger partial charge in [0.1, 0.15) is 5.75 Å². The topological polar surface area (TPSA) is 53.4 Å². The molecule has 1 unspecified atom stereocenters. The van der Waals surface area contributed by atoms with Crippen LogP contribution >= 0.6 is 0 Å². The Morgan fingerprint density at radius 2 is 2.11 bits per heavy atom. The largest absolute Gasteiger partial charge is 0.493 e. The van der Waals surface area contributed by atoms with Crippen LogP contribution in [0.25, 0.3) is 17.1 Å². The van der Waals surface area contributed by atoms with Gasteiger partial charge in [0.25, 0.3) is 0 Å². The molecule has 0 saturated carbocycles. The van der Waals surface area contributed by atoms with Gasteiger partial charge in [0.2, 0.25) is 0 Å². The van der Waals surface area contributed by atoms with Crippen LogP contribution in [0, 0.1) is 0 Å². The Morgan fingerprint density at radius 3 is 2.93 bits per heavy atom. The van der Waals surface area contributed by atoms with Gasteiger partial charge < -0.3 is 9.47 Å². The zero-order valence-corrected chi connectivity index (χ0v) is 15.1. The fraction of sp³-hybridized carbons (Fsp3) is 0.238. The number of benzene rings is 2. The fourth-order valence-corrected chi connectivity index (χ4v) is 3.30. The van der Waals surface area contributed by atoms with E-state index in [-0.39, 0.29) is 5.82 Å². The van der Waals surface area contributed by atoms with Crippen molar-refractivity contribution < 1.29 is 23.0 Å². The summed E-state index contributed by atoms with van der Waals surface area (Å²) in [5.74, 6) is 0.240. The van der Waals surface area contributed by atoms with Gasteiger partial charge in [-0.1, -0.05) is 18.2 Å². The quantitative estimate of drug-likeness (QED) is 0.473. The molecule has 144 valence electrons. The molecule has 2 aromatic carbocycles. The standard InChI is InChI=1S/C21H18F2N2O3/c1-13(20-24-16-4-2-3-5-17(16)25(20)21(22)23)28-19(26)9-7-14-6-8-18-15(12-14)10-11-27-18/h2-9,12-13,21H,10-11H2,1H3/b9-7+. The summed E-state index contributed by atoms with van der Waals surface area (Å²) in [6, 6.07) is 12.2. The van der Waals surface area contributed by atoms with Crippen LogP contribution in [0.4, 0.5) is 8.78 Å². The summed E-state index contributed by atoms with van der Waals surface area (Å²) in [6.45, 7) is -0.598. The van der Waals surface area contributed by atoms with Gasteiger partial charge in [0, 0.05) is 12.5 Å². The number of aromatic nitrogens is 2. The number of hydrogen-bond donors (Lipinski definition) is 0. The second-order valence-electron chi connectivity index (χ2n) is 6.48. The molecule has 1 aliphatic rings. The molecule has 1 aromatic heterocycles. The summed E-state index contributed by atoms with van der Waals surface area (Å²) < 4.78 is 38.6. The highest BCUT2D eigenvalue weighted by Crippen LogP contribution is 2.29. The van der Waals surface area contributed by atoms with E-state index in [4.69, 9.17) is 9.47 Å². The number of para-hydroxylation sites is 2. The summed E-state index contributed by atoms with van der Waals surface area (Å²) >= 11 is 0. The monoisotopic (exact) mass is 384 g/mol. The van der Waals surface area contributed by atoms with Gasteiger partial charge in [0.15, 0.2) is 11.9 Å². The van der Waals surface area contributed by atoms with Crippen molar-refractivity contribution in [2.24, 2.45) is 0 Å². The normalized spacial score (nSPS) is 14.4. The van der Waals surface area contributed by atoms with Gasteiger partial charge in [-0.25, -0.2) is 9.78 Å². The number of rotatable bonds is 5. The summed E-state index contributed by atoms with van der Waals surface area (Å²) in [4.78, 5) is 16.4. The van der Waals surface area contributed by atoms with Crippen molar-refractivity contribution in [3.05, 3.63) is 65.5 Å². The van der Waals surface area contributed by atoms with Crippen LogP contribution in [0.1, 0.15) is 36.5 Å². The maximum atomic E-state index is 13.5. The lowest BCUT2D eigenvalue weighted by Crippen LogP contribution is -2.13. The number of carbonyl (C=O) groups excluding carboxylic acids is 1. The number of alkyl halides is 2. The lowest BCUT2D eigenvalue weighted by atomic mass is 10.1. The number of nitrogens with zero attached hydrogens (tertiary/aromatic N) is 2. The highest BCUT2D eigenvalue weighted by Gasteiger charge is 2.23. The Balaban J connectivity index is 1.50. The first-order valence-electron chi connectivity index (χ1n) is 8.92. The van der Waals surface area contributed by atoms with Crippen molar-refractivity contribution in [2.45, 2.75) is 26.0 Å². The van der Waals surface area contributed by atoms with Gasteiger partial charge in [-0.3, -0.25) is 4.57 Å². The minimum atomic E-state index is -2.78. The van der Waals surface area contributed by atoms with Crippen molar-refractivity contribution >= 4 is 23.1 Å². The Hall–Kier alpha value is -3.22. The fourth-order valence-electron chi connectivity index (χ4n) is 3.30. The van der Waals surface area contributed by atoms with Crippen LogP contribution in [0.3, 0.4) is 0 Å². The molecule has 0 bridgehead atoms. The summed E-state index contributed by atoms with van der Waals surface area (Å²) in [6.07, 6.45) is 2.82. The van der Waals surface area contributed by atoms with Crippen LogP contribution in [0.5, 0.6) is 5.75 Å². The molecule has 1 aliphatic heterocycles. The van der Waals surface area contributed by atoms with Gasteiger partial charge in [-0.2, -0.15) is 8.78 Å². The molecule has 0 amide bonds. The van der Waals surface area contributed by atoms with Crippen molar-refractivity contribution in [3.8, 4) is 5.75 Å². The van der Waals surface area contributed by atoms with Crippen molar-refractivity contribution in [1.82, 2.24) is 9.55 Å². The van der Waals surface area contributed by atoms with Crippen molar-refractivity contribution in [1.29, 1.82) is 0 Å². The highest BCUT2D eigenvalue weighted by molar-refractivity contribution is 5.87. The Morgan fingerprint density at radius 1 is 1.29 bits per heavy atom. The minimum absolute atomic E-state index is 0.00706. The van der Waals surface area contributed by atoms with E-state index in [1.165, 1.54) is 13.0 Å². The summed E-state index contributed by atoms with van der Waals surface area (Å²) in [5.41, 5.74) is 2.66. The second-order valence-corrected chi connectivity index (χ2v) is 6.48.